The van der Waals surface area contributed by atoms with Gasteiger partial charge in [0.05, 0.1) is 18.3 Å². The highest BCUT2D eigenvalue weighted by molar-refractivity contribution is 7.71. The summed E-state index contributed by atoms with van der Waals surface area (Å²) in [6.07, 6.45) is 2.31. The Hall–Kier alpha value is -2.06. The van der Waals surface area contributed by atoms with Crippen molar-refractivity contribution in [2.24, 2.45) is 5.10 Å². The number of aromatic amines is 1. The molecule has 0 radical (unpaired) electrons. The molecule has 2 aromatic carbocycles. The molecule has 0 fully saturated rings. The van der Waals surface area contributed by atoms with E-state index in [4.69, 9.17) is 56.5 Å². The highest BCUT2D eigenvalue weighted by Crippen LogP contribution is 2.37. The lowest BCUT2D eigenvalue weighted by molar-refractivity contribution is 0.285. The molecule has 6 nitrogen and oxygen atoms in total. The van der Waals surface area contributed by atoms with Crippen LogP contribution in [0.25, 0.3) is 0 Å². The number of halogens is 3. The maximum atomic E-state index is 6.43. The van der Waals surface area contributed by atoms with E-state index >= 15 is 0 Å². The average molecular weight is 472 g/mol. The molecule has 0 aliphatic heterocycles. The zero-order valence-corrected chi connectivity index (χ0v) is 18.7. The maximum absolute atomic E-state index is 6.43. The number of hydrogen-bond acceptors (Lipinski definition) is 5. The first-order chi connectivity index (χ1) is 13.9. The van der Waals surface area contributed by atoms with Crippen molar-refractivity contribution in [3.8, 4) is 11.5 Å². The van der Waals surface area contributed by atoms with Gasteiger partial charge in [0.1, 0.15) is 6.61 Å². The lowest BCUT2D eigenvalue weighted by atomic mass is 10.2. The van der Waals surface area contributed by atoms with E-state index in [0.29, 0.717) is 43.3 Å². The van der Waals surface area contributed by atoms with Crippen LogP contribution in [-0.2, 0) is 13.0 Å². The van der Waals surface area contributed by atoms with Crippen LogP contribution in [0.3, 0.4) is 0 Å². The fourth-order valence-electron chi connectivity index (χ4n) is 2.54. The van der Waals surface area contributed by atoms with Crippen molar-refractivity contribution in [3.63, 3.8) is 0 Å². The van der Waals surface area contributed by atoms with E-state index in [0.717, 1.165) is 11.4 Å². The zero-order chi connectivity index (χ0) is 21.0. The largest absolute Gasteiger partial charge is 0.493 e. The molecule has 0 amide bonds. The van der Waals surface area contributed by atoms with Gasteiger partial charge < -0.3 is 9.47 Å². The van der Waals surface area contributed by atoms with Crippen molar-refractivity contribution in [3.05, 3.63) is 67.1 Å². The van der Waals surface area contributed by atoms with Gasteiger partial charge in [0, 0.05) is 22.0 Å². The Kier molecular flexibility index (Phi) is 7.18. The van der Waals surface area contributed by atoms with Gasteiger partial charge in [0.25, 0.3) is 0 Å². The zero-order valence-electron chi connectivity index (χ0n) is 15.6. The van der Waals surface area contributed by atoms with Crippen LogP contribution < -0.4 is 9.47 Å². The quantitative estimate of drug-likeness (QED) is 0.342. The number of rotatable bonds is 7. The fraction of sp³-hybridized carbons (Fsp3) is 0.211. The highest BCUT2D eigenvalue weighted by Gasteiger charge is 2.13. The highest BCUT2D eigenvalue weighted by atomic mass is 35.5. The molecule has 0 spiro atoms. The number of ether oxygens (including phenoxy) is 2. The average Bonchev–Trinajstić information content (AvgIpc) is 3.06. The molecule has 1 aromatic heterocycles. The normalized spacial score (nSPS) is 11.2. The molecule has 1 heterocycles. The van der Waals surface area contributed by atoms with Gasteiger partial charge in [-0.15, -0.1) is 0 Å². The van der Waals surface area contributed by atoms with Crippen LogP contribution in [0.5, 0.6) is 11.5 Å². The van der Waals surface area contributed by atoms with Crippen LogP contribution in [0.1, 0.15) is 23.9 Å². The molecule has 0 bridgehead atoms. The molecule has 3 rings (SSSR count). The summed E-state index contributed by atoms with van der Waals surface area (Å²) < 4.78 is 13.3. The molecular formula is C19H17Cl3N4O2S. The minimum atomic E-state index is 0.212. The summed E-state index contributed by atoms with van der Waals surface area (Å²) in [7, 11) is 1.54. The van der Waals surface area contributed by atoms with Crippen LogP contribution in [0, 0.1) is 4.77 Å². The van der Waals surface area contributed by atoms with Gasteiger partial charge in [-0.05, 0) is 42.0 Å². The second-order valence-electron chi connectivity index (χ2n) is 5.91. The Labute approximate surface area is 188 Å². The number of benzene rings is 2. The summed E-state index contributed by atoms with van der Waals surface area (Å²) in [5.74, 6) is 1.60. The Morgan fingerprint density at radius 3 is 2.69 bits per heavy atom. The van der Waals surface area contributed by atoms with Gasteiger partial charge in [-0.25, -0.2) is 0 Å². The van der Waals surface area contributed by atoms with Crippen LogP contribution in [-0.4, -0.2) is 28.2 Å². The molecule has 0 aliphatic carbocycles. The molecular weight excluding hydrogens is 455 g/mol. The summed E-state index contributed by atoms with van der Waals surface area (Å²) in [4.78, 5) is 0. The minimum Gasteiger partial charge on any atom is -0.493 e. The van der Waals surface area contributed by atoms with E-state index in [1.165, 1.54) is 7.11 Å². The number of methoxy groups -OCH3 is 1. The van der Waals surface area contributed by atoms with Crippen LogP contribution in [0.4, 0.5) is 0 Å². The van der Waals surface area contributed by atoms with E-state index in [9.17, 15) is 0 Å². The number of H-pyrrole nitrogens is 1. The van der Waals surface area contributed by atoms with Gasteiger partial charge >= 0.3 is 0 Å². The molecule has 1 N–H and O–H groups in total. The maximum Gasteiger partial charge on any atom is 0.216 e. The summed E-state index contributed by atoms with van der Waals surface area (Å²) in [5.41, 5.74) is 1.50. The van der Waals surface area contributed by atoms with Crippen molar-refractivity contribution in [2.45, 2.75) is 20.0 Å². The fourth-order valence-corrected chi connectivity index (χ4v) is 3.47. The van der Waals surface area contributed by atoms with E-state index in [2.05, 4.69) is 15.3 Å². The van der Waals surface area contributed by atoms with Gasteiger partial charge in [-0.3, -0.25) is 5.10 Å². The second-order valence-corrected chi connectivity index (χ2v) is 7.55. The van der Waals surface area contributed by atoms with Crippen molar-refractivity contribution < 1.29 is 9.47 Å². The van der Waals surface area contributed by atoms with Crippen molar-refractivity contribution in [1.29, 1.82) is 0 Å². The summed E-state index contributed by atoms with van der Waals surface area (Å²) >= 11 is 23.7. The third-order valence-electron chi connectivity index (χ3n) is 3.99. The van der Waals surface area contributed by atoms with E-state index in [-0.39, 0.29) is 6.61 Å². The molecule has 0 aliphatic rings. The van der Waals surface area contributed by atoms with E-state index in [1.54, 1.807) is 41.2 Å². The number of hydrogen-bond donors (Lipinski definition) is 1. The van der Waals surface area contributed by atoms with Gasteiger partial charge in [-0.2, -0.15) is 14.9 Å². The summed E-state index contributed by atoms with van der Waals surface area (Å²) in [6, 6.07) is 8.69. The topological polar surface area (TPSA) is 64.4 Å². The lowest BCUT2D eigenvalue weighted by Gasteiger charge is -2.14. The first kappa shape index (κ1) is 21.6. The van der Waals surface area contributed by atoms with Gasteiger partial charge in [0.15, 0.2) is 17.3 Å². The lowest BCUT2D eigenvalue weighted by Crippen LogP contribution is -2.01. The monoisotopic (exact) mass is 470 g/mol. The molecule has 0 saturated carbocycles. The Bertz CT molecular complexity index is 1110. The third-order valence-corrected chi connectivity index (χ3v) is 5.13. The van der Waals surface area contributed by atoms with Crippen molar-refractivity contribution in [2.75, 3.05) is 7.11 Å². The molecule has 10 heteroatoms. The third kappa shape index (κ3) is 5.11. The van der Waals surface area contributed by atoms with Crippen LogP contribution >= 0.6 is 47.0 Å². The summed E-state index contributed by atoms with van der Waals surface area (Å²) in [6.45, 7) is 2.18. The summed E-state index contributed by atoms with van der Waals surface area (Å²) in [5, 5.41) is 12.7. The van der Waals surface area contributed by atoms with Crippen molar-refractivity contribution in [1.82, 2.24) is 14.9 Å². The number of nitrogens with one attached hydrogen (secondary N) is 1. The minimum absolute atomic E-state index is 0.212. The number of aromatic nitrogens is 3. The Balaban J connectivity index is 1.84. The number of aryl methyl sites for hydroxylation is 1. The number of nitrogens with zero attached hydrogens (tertiary/aromatic N) is 3. The first-order valence-electron chi connectivity index (χ1n) is 8.57. The Morgan fingerprint density at radius 1 is 1.21 bits per heavy atom. The predicted octanol–water partition coefficient (Wildman–Crippen LogP) is 5.93. The first-order valence-corrected chi connectivity index (χ1v) is 10.1. The second kappa shape index (κ2) is 9.63. The Morgan fingerprint density at radius 2 is 2.00 bits per heavy atom. The molecule has 0 saturated heterocycles. The molecule has 3 aromatic rings. The molecule has 29 heavy (non-hydrogen) atoms. The SMILES string of the molecule is CCc1n[nH]c(=S)n1/N=C\c1cc(Cl)c(OCc2ccc(Cl)cc2Cl)c(OC)c1. The standard InChI is InChI=1S/C19H17Cl3N4O2S/c1-3-17-24-25-19(29)26(17)23-9-11-6-15(22)18(16(7-11)27-2)28-10-12-4-5-13(20)8-14(12)21/h4-9H,3,10H2,1-2H3,(H,25,29)/b23-9-. The smallest absolute Gasteiger partial charge is 0.216 e. The molecule has 152 valence electrons. The molecule has 0 atom stereocenters. The van der Waals surface area contributed by atoms with Crippen molar-refractivity contribution >= 4 is 53.2 Å². The van der Waals surface area contributed by atoms with Gasteiger partial charge in [0.2, 0.25) is 4.77 Å². The van der Waals surface area contributed by atoms with E-state index < -0.39 is 0 Å². The van der Waals surface area contributed by atoms with Gasteiger partial charge in [-0.1, -0.05) is 47.8 Å². The molecule has 0 unspecified atom stereocenters. The van der Waals surface area contributed by atoms with Crippen LogP contribution in [0.2, 0.25) is 15.1 Å². The van der Waals surface area contributed by atoms with E-state index in [1.807, 2.05) is 6.92 Å². The predicted molar refractivity (Wildman–Crippen MR) is 119 cm³/mol. The van der Waals surface area contributed by atoms with Crippen LogP contribution in [0.15, 0.2) is 35.4 Å².